The summed E-state index contributed by atoms with van der Waals surface area (Å²) in [6.07, 6.45) is 1.87. The average Bonchev–Trinajstić information content (AvgIpc) is 3.35. The molecule has 3 aromatic carbocycles. The molecule has 2 N–H and O–H groups in total. The van der Waals surface area contributed by atoms with E-state index in [9.17, 15) is 9.90 Å². The summed E-state index contributed by atoms with van der Waals surface area (Å²) in [5, 5.41) is 12.9. The molecule has 2 aliphatic rings. The molecule has 2 atom stereocenters. The number of hydrogen-bond donors (Lipinski definition) is 2. The first-order valence-electron chi connectivity index (χ1n) is 10.6. The van der Waals surface area contributed by atoms with Gasteiger partial charge in [-0.3, -0.25) is 4.79 Å². The van der Waals surface area contributed by atoms with Crippen LogP contribution in [0, 0.1) is 5.92 Å². The van der Waals surface area contributed by atoms with E-state index >= 15 is 0 Å². The van der Waals surface area contributed by atoms with Gasteiger partial charge in [-0.2, -0.15) is 0 Å². The normalized spacial score (nSPS) is 23.3. The van der Waals surface area contributed by atoms with Gasteiger partial charge in [0.05, 0.1) is 0 Å². The first-order chi connectivity index (χ1) is 14.7. The van der Waals surface area contributed by atoms with E-state index in [4.69, 9.17) is 0 Å². The third kappa shape index (κ3) is 3.08. The number of phenolic OH excluding ortho intramolecular Hbond substituents is 1. The fourth-order valence-corrected chi connectivity index (χ4v) is 5.30. The van der Waals surface area contributed by atoms with E-state index in [0.717, 1.165) is 54.9 Å². The standard InChI is InChI=1S/C26H26N2O2/c29-22-10-6-7-19(17-22)13-15-28-16-14-21(18-28)26(20-8-2-1-3-9-20)23-11-4-5-12-24(23)27-25(26)30/h1-12,17,21,29H,13-16,18H2,(H,27,30)/t21-,26?/m1/s1. The highest BCUT2D eigenvalue weighted by Gasteiger charge is 2.54. The average molecular weight is 399 g/mol. The summed E-state index contributed by atoms with van der Waals surface area (Å²) >= 11 is 0. The van der Waals surface area contributed by atoms with Crippen molar-refractivity contribution < 1.29 is 9.90 Å². The Morgan fingerprint density at radius 2 is 1.80 bits per heavy atom. The number of nitrogens with one attached hydrogen (secondary N) is 1. The van der Waals surface area contributed by atoms with E-state index < -0.39 is 5.41 Å². The van der Waals surface area contributed by atoms with Crippen LogP contribution < -0.4 is 5.32 Å². The van der Waals surface area contributed by atoms with Crippen LogP contribution in [-0.4, -0.2) is 35.5 Å². The molecule has 4 nitrogen and oxygen atoms in total. The highest BCUT2D eigenvalue weighted by atomic mass is 16.3. The molecule has 1 amide bonds. The van der Waals surface area contributed by atoms with Crippen molar-refractivity contribution in [1.29, 1.82) is 0 Å². The maximum Gasteiger partial charge on any atom is 0.239 e. The summed E-state index contributed by atoms with van der Waals surface area (Å²) in [5.74, 6) is 0.622. The second-order valence-corrected chi connectivity index (χ2v) is 8.38. The topological polar surface area (TPSA) is 52.6 Å². The van der Waals surface area contributed by atoms with E-state index in [1.165, 1.54) is 0 Å². The van der Waals surface area contributed by atoms with Gasteiger partial charge in [-0.15, -0.1) is 0 Å². The number of aromatic hydroxyl groups is 1. The van der Waals surface area contributed by atoms with Crippen molar-refractivity contribution in [3.05, 3.63) is 95.6 Å². The van der Waals surface area contributed by atoms with Gasteiger partial charge in [0.1, 0.15) is 11.2 Å². The highest BCUT2D eigenvalue weighted by Crippen LogP contribution is 2.50. The molecule has 152 valence electrons. The number of carbonyl (C=O) groups is 1. The lowest BCUT2D eigenvalue weighted by Gasteiger charge is -2.34. The number of hydrogen-bond acceptors (Lipinski definition) is 3. The van der Waals surface area contributed by atoms with Gasteiger partial charge < -0.3 is 15.3 Å². The third-order valence-corrected chi connectivity index (χ3v) is 6.70. The van der Waals surface area contributed by atoms with Gasteiger partial charge in [0.15, 0.2) is 0 Å². The Hall–Kier alpha value is -3.11. The molecular formula is C26H26N2O2. The van der Waals surface area contributed by atoms with Gasteiger partial charge in [-0.1, -0.05) is 60.7 Å². The van der Waals surface area contributed by atoms with Crippen LogP contribution in [0.1, 0.15) is 23.1 Å². The van der Waals surface area contributed by atoms with Crippen LogP contribution in [0.25, 0.3) is 0 Å². The minimum absolute atomic E-state index is 0.0923. The van der Waals surface area contributed by atoms with E-state index in [0.29, 0.717) is 5.75 Å². The van der Waals surface area contributed by atoms with Crippen molar-refractivity contribution in [3.63, 3.8) is 0 Å². The molecule has 5 rings (SSSR count). The molecule has 3 aromatic rings. The molecule has 0 radical (unpaired) electrons. The van der Waals surface area contributed by atoms with Gasteiger partial charge in [0.2, 0.25) is 5.91 Å². The Labute approximate surface area is 177 Å². The summed E-state index contributed by atoms with van der Waals surface area (Å²) in [5.41, 5.74) is 3.61. The Morgan fingerprint density at radius 3 is 2.63 bits per heavy atom. The van der Waals surface area contributed by atoms with Crippen LogP contribution in [0.3, 0.4) is 0 Å². The summed E-state index contributed by atoms with van der Waals surface area (Å²) in [4.78, 5) is 16.0. The number of amides is 1. The Bertz CT molecular complexity index is 1070. The van der Waals surface area contributed by atoms with Gasteiger partial charge in [0.25, 0.3) is 0 Å². The Kier molecular flexibility index (Phi) is 4.80. The number of anilines is 1. The van der Waals surface area contributed by atoms with E-state index in [1.807, 2.05) is 48.5 Å². The van der Waals surface area contributed by atoms with E-state index in [1.54, 1.807) is 6.07 Å². The monoisotopic (exact) mass is 398 g/mol. The maximum atomic E-state index is 13.5. The number of phenols is 1. The number of para-hydroxylation sites is 1. The maximum absolute atomic E-state index is 13.5. The lowest BCUT2D eigenvalue weighted by molar-refractivity contribution is -0.121. The molecule has 30 heavy (non-hydrogen) atoms. The second-order valence-electron chi connectivity index (χ2n) is 8.38. The zero-order chi connectivity index (χ0) is 20.6. The summed E-state index contributed by atoms with van der Waals surface area (Å²) < 4.78 is 0. The predicted octanol–water partition coefficient (Wildman–Crippen LogP) is 4.20. The van der Waals surface area contributed by atoms with Crippen LogP contribution in [0.2, 0.25) is 0 Å². The van der Waals surface area contributed by atoms with Crippen molar-refractivity contribution in [2.45, 2.75) is 18.3 Å². The molecular weight excluding hydrogens is 372 g/mol. The van der Waals surface area contributed by atoms with E-state index in [-0.39, 0.29) is 11.8 Å². The minimum atomic E-state index is -0.641. The van der Waals surface area contributed by atoms with Crippen molar-refractivity contribution in [2.24, 2.45) is 5.92 Å². The molecule has 0 saturated carbocycles. The molecule has 0 aromatic heterocycles. The van der Waals surface area contributed by atoms with Crippen LogP contribution >= 0.6 is 0 Å². The Balaban J connectivity index is 1.44. The smallest absolute Gasteiger partial charge is 0.239 e. The molecule has 0 spiro atoms. The quantitative estimate of drug-likeness (QED) is 0.677. The van der Waals surface area contributed by atoms with Crippen molar-refractivity contribution >= 4 is 11.6 Å². The SMILES string of the molecule is O=C1Nc2ccccc2C1(c1ccccc1)[C@@H]1CCN(CCc2cccc(O)c2)C1. The summed E-state index contributed by atoms with van der Waals surface area (Å²) in [6.45, 7) is 2.79. The number of carbonyl (C=O) groups excluding carboxylic acids is 1. The molecule has 2 heterocycles. The summed E-state index contributed by atoms with van der Waals surface area (Å²) in [6, 6.07) is 25.9. The largest absolute Gasteiger partial charge is 0.508 e. The molecule has 0 aliphatic carbocycles. The van der Waals surface area contributed by atoms with Crippen molar-refractivity contribution in [3.8, 4) is 5.75 Å². The number of likely N-dealkylation sites (tertiary alicyclic amines) is 1. The van der Waals surface area contributed by atoms with Crippen molar-refractivity contribution in [1.82, 2.24) is 4.90 Å². The molecule has 1 unspecified atom stereocenters. The number of nitrogens with zero attached hydrogens (tertiary/aromatic N) is 1. The molecule has 1 saturated heterocycles. The van der Waals surface area contributed by atoms with Gasteiger partial charge in [-0.05, 0) is 60.2 Å². The number of benzene rings is 3. The third-order valence-electron chi connectivity index (χ3n) is 6.70. The van der Waals surface area contributed by atoms with Crippen LogP contribution in [0.5, 0.6) is 5.75 Å². The molecule has 2 aliphatic heterocycles. The fraction of sp³-hybridized carbons (Fsp3) is 0.269. The number of fused-ring (bicyclic) bond motifs is 1. The second kappa shape index (κ2) is 7.62. The first-order valence-corrected chi connectivity index (χ1v) is 10.6. The zero-order valence-electron chi connectivity index (χ0n) is 16.9. The van der Waals surface area contributed by atoms with Crippen LogP contribution in [0.15, 0.2) is 78.9 Å². The van der Waals surface area contributed by atoms with Crippen LogP contribution in [-0.2, 0) is 16.6 Å². The van der Waals surface area contributed by atoms with E-state index in [2.05, 4.69) is 34.5 Å². The van der Waals surface area contributed by atoms with Crippen LogP contribution in [0.4, 0.5) is 5.69 Å². The summed E-state index contributed by atoms with van der Waals surface area (Å²) in [7, 11) is 0. The predicted molar refractivity (Wildman–Crippen MR) is 119 cm³/mol. The van der Waals surface area contributed by atoms with Gasteiger partial charge in [-0.25, -0.2) is 0 Å². The first kappa shape index (κ1) is 18.9. The van der Waals surface area contributed by atoms with Gasteiger partial charge in [0, 0.05) is 18.8 Å². The molecule has 0 bridgehead atoms. The molecule has 4 heteroatoms. The lowest BCUT2D eigenvalue weighted by atomic mass is 9.66. The van der Waals surface area contributed by atoms with Gasteiger partial charge >= 0.3 is 0 Å². The highest BCUT2D eigenvalue weighted by molar-refractivity contribution is 6.09. The van der Waals surface area contributed by atoms with Crippen molar-refractivity contribution in [2.75, 3.05) is 25.0 Å². The minimum Gasteiger partial charge on any atom is -0.508 e. The zero-order valence-corrected chi connectivity index (χ0v) is 16.9. The lowest BCUT2D eigenvalue weighted by Crippen LogP contribution is -2.44. The number of rotatable bonds is 5. The molecule has 1 fully saturated rings. The fourth-order valence-electron chi connectivity index (χ4n) is 5.30. The Morgan fingerprint density at radius 1 is 1.00 bits per heavy atom.